The summed E-state index contributed by atoms with van der Waals surface area (Å²) in [5, 5.41) is 6.24. The second kappa shape index (κ2) is 11.0. The predicted molar refractivity (Wildman–Crippen MR) is 157 cm³/mol. The zero-order chi connectivity index (χ0) is 28.8. The minimum Gasteiger partial charge on any atom is -0.486 e. The van der Waals surface area contributed by atoms with Gasteiger partial charge >= 0.3 is 0 Å². The molecule has 1 spiro atoms. The van der Waals surface area contributed by atoms with Gasteiger partial charge in [0.1, 0.15) is 18.2 Å². The highest BCUT2D eigenvalue weighted by atomic mass is 32.2. The first-order valence-corrected chi connectivity index (χ1v) is 16.0. The maximum atomic E-state index is 14.3. The van der Waals surface area contributed by atoms with E-state index in [1.807, 2.05) is 66.9 Å². The number of carbonyl (C=O) groups excluding carboxylic acids is 3. The van der Waals surface area contributed by atoms with Crippen LogP contribution >= 0.6 is 11.8 Å². The van der Waals surface area contributed by atoms with Crippen LogP contribution in [0.25, 0.3) is 0 Å². The van der Waals surface area contributed by atoms with Gasteiger partial charge in [0, 0.05) is 16.6 Å². The van der Waals surface area contributed by atoms with E-state index in [0.717, 1.165) is 37.0 Å². The normalized spacial score (nSPS) is 31.2. The summed E-state index contributed by atoms with van der Waals surface area (Å²) in [6, 6.07) is 14.1. The number of carbonyl (C=O) groups is 3. The van der Waals surface area contributed by atoms with Crippen molar-refractivity contribution in [1.29, 1.82) is 0 Å². The van der Waals surface area contributed by atoms with E-state index < -0.39 is 35.7 Å². The van der Waals surface area contributed by atoms with Crippen LogP contribution in [0.4, 0.5) is 5.69 Å². The molecule has 2 N–H and O–H groups in total. The zero-order valence-electron chi connectivity index (χ0n) is 23.5. The topological polar surface area (TPSA) is 106 Å². The van der Waals surface area contributed by atoms with Crippen molar-refractivity contribution in [3.63, 3.8) is 0 Å². The molecule has 5 aliphatic rings. The number of nitrogens with one attached hydrogen (secondary N) is 2. The van der Waals surface area contributed by atoms with E-state index in [1.54, 1.807) is 16.7 Å². The van der Waals surface area contributed by atoms with Crippen molar-refractivity contribution < 1.29 is 28.6 Å². The predicted octanol–water partition coefficient (Wildman–Crippen LogP) is 3.79. The smallest absolute Gasteiger partial charge is 0.246 e. The molecule has 0 aromatic heterocycles. The van der Waals surface area contributed by atoms with Gasteiger partial charge < -0.3 is 29.7 Å². The number of hydrogen-bond acceptors (Lipinski definition) is 7. The minimum absolute atomic E-state index is 0.0604. The Morgan fingerprint density at radius 1 is 1.05 bits per heavy atom. The molecule has 2 saturated heterocycles. The standard InChI is InChI=1S/C32H35N3O6S/c1-42-22-11-7-10-20(16-22)34-29(36)26-25-14-15-32(41-25)27(26)31(38)35(28(32)30(37)33-19-8-3-2-4-9-19)17-21-18-39-23-12-5-6-13-24(23)40-21/h5-7,10-16,19,21,25-28H,2-4,8-9,17-18H2,1H3,(H,33,37)(H,34,36)/t21-,25+,26-,27+,28-,32+/m0/s1. The third-order valence-corrected chi connectivity index (χ3v) is 9.91. The Labute approximate surface area is 249 Å². The molecule has 6 atom stereocenters. The molecule has 2 aromatic carbocycles. The van der Waals surface area contributed by atoms with Gasteiger partial charge in [-0.05, 0) is 49.4 Å². The van der Waals surface area contributed by atoms with Crippen LogP contribution in [0.2, 0.25) is 0 Å². The molecule has 3 fully saturated rings. The quantitative estimate of drug-likeness (QED) is 0.374. The number of nitrogens with zero attached hydrogens (tertiary/aromatic N) is 1. The third-order valence-electron chi connectivity index (χ3n) is 9.18. The number of anilines is 1. The molecule has 1 aliphatic carbocycles. The Morgan fingerprint density at radius 3 is 2.67 bits per heavy atom. The van der Waals surface area contributed by atoms with Crippen molar-refractivity contribution in [3.05, 3.63) is 60.7 Å². The molecule has 2 bridgehead atoms. The van der Waals surface area contributed by atoms with Crippen molar-refractivity contribution in [2.45, 2.75) is 66.9 Å². The summed E-state index contributed by atoms with van der Waals surface area (Å²) in [5.74, 6) is -1.14. The first-order valence-electron chi connectivity index (χ1n) is 14.8. The maximum absolute atomic E-state index is 14.3. The van der Waals surface area contributed by atoms with Crippen molar-refractivity contribution >= 4 is 35.2 Å². The van der Waals surface area contributed by atoms with Crippen molar-refractivity contribution in [2.24, 2.45) is 11.8 Å². The molecule has 0 radical (unpaired) electrons. The van der Waals surface area contributed by atoms with Gasteiger partial charge in [0.25, 0.3) is 0 Å². The Balaban J connectivity index is 1.18. The highest BCUT2D eigenvalue weighted by Gasteiger charge is 2.73. The fraction of sp³-hybridized carbons (Fsp3) is 0.469. The van der Waals surface area contributed by atoms with Crippen LogP contribution in [0.3, 0.4) is 0 Å². The molecule has 3 amide bonds. The zero-order valence-corrected chi connectivity index (χ0v) is 24.3. The van der Waals surface area contributed by atoms with E-state index in [4.69, 9.17) is 14.2 Å². The lowest BCUT2D eigenvalue weighted by Crippen LogP contribution is -2.58. The summed E-state index contributed by atoms with van der Waals surface area (Å²) in [6.07, 6.45) is 9.72. The molecule has 220 valence electrons. The summed E-state index contributed by atoms with van der Waals surface area (Å²) < 4.78 is 18.6. The number of thioether (sulfide) groups is 1. The first kappa shape index (κ1) is 27.3. The molecule has 4 heterocycles. The molecule has 10 heteroatoms. The average molecular weight is 590 g/mol. The fourth-order valence-electron chi connectivity index (χ4n) is 7.29. The number of ether oxygens (including phenoxy) is 3. The highest BCUT2D eigenvalue weighted by molar-refractivity contribution is 7.98. The van der Waals surface area contributed by atoms with Crippen LogP contribution in [0.1, 0.15) is 32.1 Å². The highest BCUT2D eigenvalue weighted by Crippen LogP contribution is 2.55. The van der Waals surface area contributed by atoms with E-state index in [2.05, 4.69) is 10.6 Å². The summed E-state index contributed by atoms with van der Waals surface area (Å²) >= 11 is 1.58. The van der Waals surface area contributed by atoms with E-state index in [9.17, 15) is 14.4 Å². The van der Waals surface area contributed by atoms with E-state index in [-0.39, 0.29) is 36.9 Å². The lowest BCUT2D eigenvalue weighted by Gasteiger charge is -2.36. The molecular weight excluding hydrogens is 554 g/mol. The first-order chi connectivity index (χ1) is 20.5. The summed E-state index contributed by atoms with van der Waals surface area (Å²) in [7, 11) is 0. The molecule has 42 heavy (non-hydrogen) atoms. The lowest BCUT2D eigenvalue weighted by molar-refractivity contribution is -0.143. The van der Waals surface area contributed by atoms with E-state index >= 15 is 0 Å². The second-order valence-corrected chi connectivity index (χ2v) is 12.6. The lowest BCUT2D eigenvalue weighted by atomic mass is 9.74. The van der Waals surface area contributed by atoms with Crippen LogP contribution in [-0.4, -0.2) is 71.9 Å². The second-order valence-electron chi connectivity index (χ2n) is 11.8. The Morgan fingerprint density at radius 2 is 1.86 bits per heavy atom. The number of hydrogen-bond donors (Lipinski definition) is 2. The molecule has 7 rings (SSSR count). The Kier molecular flexibility index (Phi) is 7.14. The number of likely N-dealkylation sites (tertiary alicyclic amines) is 1. The average Bonchev–Trinajstić information content (AvgIpc) is 3.65. The Hall–Kier alpha value is -3.50. The van der Waals surface area contributed by atoms with Crippen LogP contribution in [-0.2, 0) is 19.1 Å². The fourth-order valence-corrected chi connectivity index (χ4v) is 7.75. The van der Waals surface area contributed by atoms with E-state index in [0.29, 0.717) is 17.2 Å². The number of fused-ring (bicyclic) bond motifs is 2. The number of amides is 3. The third kappa shape index (κ3) is 4.65. The van der Waals surface area contributed by atoms with Crippen molar-refractivity contribution in [2.75, 3.05) is 24.7 Å². The van der Waals surface area contributed by atoms with Gasteiger partial charge in [-0.1, -0.05) is 49.6 Å². The van der Waals surface area contributed by atoms with Crippen molar-refractivity contribution in [3.8, 4) is 11.5 Å². The molecule has 1 saturated carbocycles. The molecular formula is C32H35N3O6S. The summed E-state index contributed by atoms with van der Waals surface area (Å²) in [4.78, 5) is 44.8. The van der Waals surface area contributed by atoms with Gasteiger partial charge in [0.05, 0.1) is 24.5 Å². The molecule has 4 aliphatic heterocycles. The van der Waals surface area contributed by atoms with E-state index in [1.165, 1.54) is 0 Å². The van der Waals surface area contributed by atoms with Gasteiger partial charge in [0.2, 0.25) is 17.7 Å². The van der Waals surface area contributed by atoms with Crippen molar-refractivity contribution in [1.82, 2.24) is 10.2 Å². The number of rotatable bonds is 7. The molecule has 2 aromatic rings. The summed E-state index contributed by atoms with van der Waals surface area (Å²) in [6.45, 7) is 0.380. The molecule has 9 nitrogen and oxygen atoms in total. The molecule has 0 unspecified atom stereocenters. The monoisotopic (exact) mass is 589 g/mol. The van der Waals surface area contributed by atoms with Gasteiger partial charge in [-0.25, -0.2) is 0 Å². The Bertz CT molecular complexity index is 1430. The van der Waals surface area contributed by atoms with Gasteiger partial charge in [0.15, 0.2) is 17.6 Å². The van der Waals surface area contributed by atoms with Crippen LogP contribution < -0.4 is 20.1 Å². The van der Waals surface area contributed by atoms with Crippen LogP contribution in [0, 0.1) is 11.8 Å². The SMILES string of the molecule is CSc1cccc(NC(=O)[C@H]2[C@H]3C=C[C@]4(O3)[C@H](C(=O)NC3CCCCC3)N(C[C@H]3COc5ccccc5O3)C(=O)[C@@H]24)c1. The van der Waals surface area contributed by atoms with Crippen LogP contribution in [0.5, 0.6) is 11.5 Å². The van der Waals surface area contributed by atoms with Crippen LogP contribution in [0.15, 0.2) is 65.6 Å². The van der Waals surface area contributed by atoms with Gasteiger partial charge in [-0.2, -0.15) is 0 Å². The van der Waals surface area contributed by atoms with Gasteiger partial charge in [-0.3, -0.25) is 14.4 Å². The minimum atomic E-state index is -1.23. The number of benzene rings is 2. The van der Waals surface area contributed by atoms with Gasteiger partial charge in [-0.15, -0.1) is 11.8 Å². The number of para-hydroxylation sites is 2. The maximum Gasteiger partial charge on any atom is 0.246 e. The summed E-state index contributed by atoms with van der Waals surface area (Å²) in [5.41, 5.74) is -0.565. The largest absolute Gasteiger partial charge is 0.486 e.